The highest BCUT2D eigenvalue weighted by atomic mass is 15.0. The minimum atomic E-state index is 0.837. The Morgan fingerprint density at radius 3 is 2.75 bits per heavy atom. The summed E-state index contributed by atoms with van der Waals surface area (Å²) in [6, 6.07) is 16.4. The second-order valence-electron chi connectivity index (χ2n) is 5.88. The molecule has 0 aliphatic rings. The molecule has 0 bridgehead atoms. The van der Waals surface area contributed by atoms with Crippen molar-refractivity contribution in [2.75, 3.05) is 5.32 Å². The minimum absolute atomic E-state index is 0.837. The SMILES string of the molecule is Cc1ccccc1Nc1ccc(Cc2c[nH]c3ncccc23)cn1. The summed E-state index contributed by atoms with van der Waals surface area (Å²) in [5, 5.41) is 4.53. The first-order valence-corrected chi connectivity index (χ1v) is 7.98. The molecule has 0 atom stereocenters. The van der Waals surface area contributed by atoms with Crippen molar-refractivity contribution in [3.63, 3.8) is 0 Å². The van der Waals surface area contributed by atoms with E-state index in [4.69, 9.17) is 0 Å². The molecular formula is C20H18N4. The van der Waals surface area contributed by atoms with Gasteiger partial charge in [0.2, 0.25) is 0 Å². The lowest BCUT2D eigenvalue weighted by atomic mass is 10.1. The van der Waals surface area contributed by atoms with E-state index < -0.39 is 0 Å². The molecule has 1 aromatic carbocycles. The molecule has 4 heteroatoms. The molecule has 0 saturated carbocycles. The Morgan fingerprint density at radius 1 is 1.00 bits per heavy atom. The van der Waals surface area contributed by atoms with E-state index in [1.54, 1.807) is 6.20 Å². The van der Waals surface area contributed by atoms with E-state index in [0.717, 1.165) is 23.6 Å². The highest BCUT2D eigenvalue weighted by Gasteiger charge is 2.06. The lowest BCUT2D eigenvalue weighted by molar-refractivity contribution is 1.15. The van der Waals surface area contributed by atoms with E-state index in [1.165, 1.54) is 22.1 Å². The number of pyridine rings is 2. The van der Waals surface area contributed by atoms with Crippen molar-refractivity contribution in [3.8, 4) is 0 Å². The molecule has 0 aliphatic heterocycles. The highest BCUT2D eigenvalue weighted by molar-refractivity contribution is 5.79. The lowest BCUT2D eigenvalue weighted by Gasteiger charge is -2.09. The summed E-state index contributed by atoms with van der Waals surface area (Å²) in [6.07, 6.45) is 6.59. The van der Waals surface area contributed by atoms with Gasteiger partial charge in [-0.1, -0.05) is 24.3 Å². The number of fused-ring (bicyclic) bond motifs is 1. The van der Waals surface area contributed by atoms with Crippen molar-refractivity contribution in [1.82, 2.24) is 15.0 Å². The van der Waals surface area contributed by atoms with Crippen LogP contribution in [0.2, 0.25) is 0 Å². The molecule has 4 rings (SSSR count). The van der Waals surface area contributed by atoms with Gasteiger partial charge in [-0.2, -0.15) is 0 Å². The number of aryl methyl sites for hydroxylation is 1. The van der Waals surface area contributed by atoms with Crippen LogP contribution in [-0.2, 0) is 6.42 Å². The van der Waals surface area contributed by atoms with E-state index in [1.807, 2.05) is 36.7 Å². The number of benzene rings is 1. The van der Waals surface area contributed by atoms with Gasteiger partial charge in [0, 0.05) is 36.1 Å². The highest BCUT2D eigenvalue weighted by Crippen LogP contribution is 2.21. The van der Waals surface area contributed by atoms with Gasteiger partial charge in [-0.25, -0.2) is 9.97 Å². The number of hydrogen-bond acceptors (Lipinski definition) is 3. The Labute approximate surface area is 140 Å². The minimum Gasteiger partial charge on any atom is -0.346 e. The lowest BCUT2D eigenvalue weighted by Crippen LogP contribution is -1.96. The summed E-state index contributed by atoms with van der Waals surface area (Å²) in [7, 11) is 0. The quantitative estimate of drug-likeness (QED) is 0.579. The maximum Gasteiger partial charge on any atom is 0.137 e. The predicted molar refractivity (Wildman–Crippen MR) is 97.6 cm³/mol. The van der Waals surface area contributed by atoms with E-state index >= 15 is 0 Å². The number of H-pyrrole nitrogens is 1. The summed E-state index contributed by atoms with van der Waals surface area (Å²) >= 11 is 0. The first kappa shape index (κ1) is 14.5. The number of aromatic nitrogens is 3. The average molecular weight is 314 g/mol. The van der Waals surface area contributed by atoms with Gasteiger partial charge in [0.05, 0.1) is 0 Å². The third-order valence-corrected chi connectivity index (χ3v) is 4.16. The summed E-state index contributed by atoms with van der Waals surface area (Å²) in [5.74, 6) is 0.855. The molecule has 24 heavy (non-hydrogen) atoms. The smallest absolute Gasteiger partial charge is 0.137 e. The zero-order valence-corrected chi connectivity index (χ0v) is 13.5. The van der Waals surface area contributed by atoms with Crippen LogP contribution in [0.1, 0.15) is 16.7 Å². The van der Waals surface area contributed by atoms with Crippen molar-refractivity contribution in [2.45, 2.75) is 13.3 Å². The fraction of sp³-hybridized carbons (Fsp3) is 0.100. The van der Waals surface area contributed by atoms with Crippen LogP contribution >= 0.6 is 0 Å². The van der Waals surface area contributed by atoms with E-state index in [-0.39, 0.29) is 0 Å². The van der Waals surface area contributed by atoms with Gasteiger partial charge < -0.3 is 10.3 Å². The van der Waals surface area contributed by atoms with Gasteiger partial charge >= 0.3 is 0 Å². The Balaban J connectivity index is 1.53. The number of hydrogen-bond donors (Lipinski definition) is 2. The van der Waals surface area contributed by atoms with Gasteiger partial charge in [0.15, 0.2) is 0 Å². The Hall–Kier alpha value is -3.14. The summed E-state index contributed by atoms with van der Waals surface area (Å²) in [4.78, 5) is 12.1. The van der Waals surface area contributed by atoms with Crippen molar-refractivity contribution < 1.29 is 0 Å². The van der Waals surface area contributed by atoms with Crippen molar-refractivity contribution in [2.24, 2.45) is 0 Å². The van der Waals surface area contributed by atoms with Gasteiger partial charge in [0.1, 0.15) is 11.5 Å². The van der Waals surface area contributed by atoms with Gasteiger partial charge in [-0.3, -0.25) is 0 Å². The molecule has 2 N–H and O–H groups in total. The molecule has 118 valence electrons. The second kappa shape index (κ2) is 6.16. The van der Waals surface area contributed by atoms with Crippen LogP contribution < -0.4 is 5.32 Å². The molecular weight excluding hydrogens is 296 g/mol. The molecule has 4 aromatic rings. The van der Waals surface area contributed by atoms with Crippen LogP contribution in [0.3, 0.4) is 0 Å². The first-order valence-electron chi connectivity index (χ1n) is 7.98. The number of anilines is 2. The van der Waals surface area contributed by atoms with Crippen molar-refractivity contribution in [3.05, 3.63) is 83.8 Å². The molecule has 0 spiro atoms. The molecule has 0 unspecified atom stereocenters. The maximum absolute atomic E-state index is 4.54. The molecule has 0 aliphatic carbocycles. The number of para-hydroxylation sites is 1. The third kappa shape index (κ3) is 2.86. The van der Waals surface area contributed by atoms with Crippen molar-refractivity contribution >= 4 is 22.5 Å². The summed E-state index contributed by atoms with van der Waals surface area (Å²) in [5.41, 5.74) is 5.63. The summed E-state index contributed by atoms with van der Waals surface area (Å²) in [6.45, 7) is 2.09. The normalized spacial score (nSPS) is 10.9. The Bertz CT molecular complexity index is 970. The average Bonchev–Trinajstić information content (AvgIpc) is 3.02. The molecule has 0 amide bonds. The molecule has 0 saturated heterocycles. The van der Waals surface area contributed by atoms with Crippen LogP contribution in [0.5, 0.6) is 0 Å². The third-order valence-electron chi connectivity index (χ3n) is 4.16. The topological polar surface area (TPSA) is 53.6 Å². The fourth-order valence-electron chi connectivity index (χ4n) is 2.83. The maximum atomic E-state index is 4.54. The van der Waals surface area contributed by atoms with Crippen LogP contribution in [0, 0.1) is 6.92 Å². The zero-order valence-electron chi connectivity index (χ0n) is 13.5. The number of nitrogens with zero attached hydrogens (tertiary/aromatic N) is 2. The van der Waals surface area contributed by atoms with Crippen LogP contribution in [0.15, 0.2) is 67.1 Å². The monoisotopic (exact) mass is 314 g/mol. The van der Waals surface area contributed by atoms with Gasteiger partial charge in [-0.05, 0) is 47.9 Å². The van der Waals surface area contributed by atoms with E-state index in [2.05, 4.69) is 51.5 Å². The largest absolute Gasteiger partial charge is 0.346 e. The van der Waals surface area contributed by atoms with Gasteiger partial charge in [0.25, 0.3) is 0 Å². The standard InChI is InChI=1S/C20H18N4/c1-14-5-2-3-7-18(14)24-19-9-8-15(12-22-19)11-16-13-23-20-17(16)6-4-10-21-20/h2-10,12-13H,11H2,1H3,(H,21,23)(H,22,24). The molecule has 3 heterocycles. The number of rotatable bonds is 4. The van der Waals surface area contributed by atoms with Crippen LogP contribution in [0.25, 0.3) is 11.0 Å². The Kier molecular flexibility index (Phi) is 3.71. The summed E-state index contributed by atoms with van der Waals surface area (Å²) < 4.78 is 0. The van der Waals surface area contributed by atoms with Crippen molar-refractivity contribution in [1.29, 1.82) is 0 Å². The fourth-order valence-corrected chi connectivity index (χ4v) is 2.83. The number of aromatic amines is 1. The molecule has 0 fully saturated rings. The number of nitrogens with one attached hydrogen (secondary N) is 2. The van der Waals surface area contributed by atoms with E-state index in [9.17, 15) is 0 Å². The van der Waals surface area contributed by atoms with Crippen LogP contribution in [-0.4, -0.2) is 15.0 Å². The molecule has 3 aromatic heterocycles. The second-order valence-corrected chi connectivity index (χ2v) is 5.88. The predicted octanol–water partition coefficient (Wildman–Crippen LogP) is 4.60. The molecule has 4 nitrogen and oxygen atoms in total. The zero-order chi connectivity index (χ0) is 16.4. The van der Waals surface area contributed by atoms with Crippen LogP contribution in [0.4, 0.5) is 11.5 Å². The molecule has 0 radical (unpaired) electrons. The van der Waals surface area contributed by atoms with E-state index in [0.29, 0.717) is 0 Å². The first-order chi connectivity index (χ1) is 11.8. The van der Waals surface area contributed by atoms with Gasteiger partial charge in [-0.15, -0.1) is 0 Å². The Morgan fingerprint density at radius 2 is 1.92 bits per heavy atom.